The fourth-order valence-corrected chi connectivity index (χ4v) is 2.53. The van der Waals surface area contributed by atoms with E-state index in [0.29, 0.717) is 29.4 Å². The predicted molar refractivity (Wildman–Crippen MR) is 90.4 cm³/mol. The fraction of sp³-hybridized carbons (Fsp3) is 0.111. The Morgan fingerprint density at radius 2 is 1.83 bits per heavy atom. The molecule has 122 valence electrons. The zero-order valence-corrected chi connectivity index (χ0v) is 12.7. The number of para-hydroxylation sites is 1. The summed E-state index contributed by atoms with van der Waals surface area (Å²) in [6, 6.07) is 12.9. The van der Waals surface area contributed by atoms with Gasteiger partial charge in [-0.25, -0.2) is 0 Å². The minimum atomic E-state index is -0.333. The zero-order valence-electron chi connectivity index (χ0n) is 12.7. The molecule has 0 aliphatic heterocycles. The summed E-state index contributed by atoms with van der Waals surface area (Å²) in [6.07, 6.45) is 0.487. The molecule has 1 amide bonds. The van der Waals surface area contributed by atoms with Crippen molar-refractivity contribution in [3.05, 3.63) is 70.0 Å². The van der Waals surface area contributed by atoms with Crippen molar-refractivity contribution in [2.24, 2.45) is 0 Å². The molecule has 1 aromatic heterocycles. The number of carbonyl (C=O) groups excluding carboxylic acids is 1. The van der Waals surface area contributed by atoms with Gasteiger partial charge in [0, 0.05) is 23.5 Å². The molecule has 3 aromatic rings. The molecule has 0 spiro atoms. The number of aromatic hydroxyl groups is 2. The lowest BCUT2D eigenvalue weighted by molar-refractivity contribution is 0.0955. The number of fused-ring (bicyclic) bond motifs is 1. The second-order valence-corrected chi connectivity index (χ2v) is 5.42. The number of hydrogen-bond donors (Lipinski definition) is 4. The molecule has 0 aliphatic rings. The van der Waals surface area contributed by atoms with Crippen LogP contribution in [-0.2, 0) is 6.42 Å². The Morgan fingerprint density at radius 1 is 1.04 bits per heavy atom. The van der Waals surface area contributed by atoms with Gasteiger partial charge in [0.2, 0.25) is 5.56 Å². The highest BCUT2D eigenvalue weighted by atomic mass is 16.3. The molecule has 0 saturated heterocycles. The lowest BCUT2D eigenvalue weighted by Crippen LogP contribution is -2.27. The van der Waals surface area contributed by atoms with E-state index in [1.165, 1.54) is 18.2 Å². The first-order valence-corrected chi connectivity index (χ1v) is 7.46. The number of carbonyl (C=O) groups is 1. The number of aromatic nitrogens is 1. The van der Waals surface area contributed by atoms with Crippen molar-refractivity contribution in [1.82, 2.24) is 10.3 Å². The highest BCUT2D eigenvalue weighted by Gasteiger charge is 2.11. The Hall–Kier alpha value is -3.28. The van der Waals surface area contributed by atoms with Crippen LogP contribution in [0.3, 0.4) is 0 Å². The van der Waals surface area contributed by atoms with Gasteiger partial charge in [0.05, 0.1) is 5.56 Å². The second-order valence-electron chi connectivity index (χ2n) is 5.42. The Morgan fingerprint density at radius 3 is 2.62 bits per heavy atom. The van der Waals surface area contributed by atoms with Gasteiger partial charge >= 0.3 is 0 Å². The van der Waals surface area contributed by atoms with Gasteiger partial charge in [-0.3, -0.25) is 9.59 Å². The number of pyridine rings is 1. The van der Waals surface area contributed by atoms with Gasteiger partial charge in [0.1, 0.15) is 0 Å². The number of hydrogen-bond acceptors (Lipinski definition) is 4. The standard InChI is InChI=1S/C18H16N2O4/c21-15-6-5-11(9-16(15)22)7-8-19-18(24)13-10-17(23)20-14-4-2-1-3-12(13)14/h1-6,9-10,21-22H,7-8H2,(H,19,24)(H,20,23). The van der Waals surface area contributed by atoms with E-state index in [2.05, 4.69) is 10.3 Å². The zero-order chi connectivity index (χ0) is 17.1. The van der Waals surface area contributed by atoms with Gasteiger partial charge in [-0.2, -0.15) is 0 Å². The quantitative estimate of drug-likeness (QED) is 0.551. The largest absolute Gasteiger partial charge is 0.504 e. The number of aromatic amines is 1. The molecule has 0 unspecified atom stereocenters. The first-order valence-electron chi connectivity index (χ1n) is 7.46. The third-order valence-electron chi connectivity index (χ3n) is 3.73. The van der Waals surface area contributed by atoms with Crippen LogP contribution >= 0.6 is 0 Å². The van der Waals surface area contributed by atoms with Gasteiger partial charge in [-0.1, -0.05) is 24.3 Å². The van der Waals surface area contributed by atoms with Crippen LogP contribution in [0.15, 0.2) is 53.3 Å². The smallest absolute Gasteiger partial charge is 0.252 e. The summed E-state index contributed by atoms with van der Waals surface area (Å²) in [5, 5.41) is 22.2. The van der Waals surface area contributed by atoms with Crippen LogP contribution in [-0.4, -0.2) is 27.6 Å². The maximum atomic E-state index is 12.4. The van der Waals surface area contributed by atoms with Crippen LogP contribution < -0.4 is 10.9 Å². The summed E-state index contributed by atoms with van der Waals surface area (Å²) in [6.45, 7) is 0.337. The number of benzene rings is 2. The Bertz CT molecular complexity index is 963. The van der Waals surface area contributed by atoms with Crippen molar-refractivity contribution >= 4 is 16.8 Å². The summed E-state index contributed by atoms with van der Waals surface area (Å²) in [7, 11) is 0. The molecule has 1 heterocycles. The van der Waals surface area contributed by atoms with Crippen molar-refractivity contribution in [3.8, 4) is 11.5 Å². The number of rotatable bonds is 4. The van der Waals surface area contributed by atoms with Gasteiger partial charge < -0.3 is 20.5 Å². The third kappa shape index (κ3) is 3.22. The minimum absolute atomic E-state index is 0.183. The van der Waals surface area contributed by atoms with Crippen LogP contribution in [0.5, 0.6) is 11.5 Å². The monoisotopic (exact) mass is 324 g/mol. The molecule has 3 rings (SSSR count). The summed E-state index contributed by atoms with van der Waals surface area (Å²) in [5.41, 5.74) is 1.38. The van der Waals surface area contributed by atoms with E-state index in [0.717, 1.165) is 5.56 Å². The van der Waals surface area contributed by atoms with Gasteiger partial charge in [-0.15, -0.1) is 0 Å². The highest BCUT2D eigenvalue weighted by Crippen LogP contribution is 2.24. The molecule has 0 radical (unpaired) electrons. The molecule has 0 bridgehead atoms. The van der Waals surface area contributed by atoms with Crippen LogP contribution in [0.2, 0.25) is 0 Å². The number of phenolic OH excluding ortho intramolecular Hbond substituents is 2. The first kappa shape index (κ1) is 15.6. The van der Waals surface area contributed by atoms with Gasteiger partial charge in [0.15, 0.2) is 11.5 Å². The molecule has 4 N–H and O–H groups in total. The molecule has 6 nitrogen and oxygen atoms in total. The molecule has 2 aromatic carbocycles. The third-order valence-corrected chi connectivity index (χ3v) is 3.73. The van der Waals surface area contributed by atoms with Crippen LogP contribution in [0, 0.1) is 0 Å². The first-order chi connectivity index (χ1) is 11.5. The topological polar surface area (TPSA) is 102 Å². The van der Waals surface area contributed by atoms with E-state index in [1.807, 2.05) is 0 Å². The second kappa shape index (κ2) is 6.45. The van der Waals surface area contributed by atoms with Crippen LogP contribution in [0.1, 0.15) is 15.9 Å². The molecule has 6 heteroatoms. The van der Waals surface area contributed by atoms with Crippen LogP contribution in [0.4, 0.5) is 0 Å². The molecule has 24 heavy (non-hydrogen) atoms. The lowest BCUT2D eigenvalue weighted by Gasteiger charge is -2.08. The SMILES string of the molecule is O=C(NCCc1ccc(O)c(O)c1)c1cc(=O)[nH]c2ccccc12. The Kier molecular flexibility index (Phi) is 4.20. The Labute approximate surface area is 137 Å². The summed E-state index contributed by atoms with van der Waals surface area (Å²) < 4.78 is 0. The van der Waals surface area contributed by atoms with E-state index in [1.54, 1.807) is 30.3 Å². The van der Waals surface area contributed by atoms with Gasteiger partial charge in [-0.05, 0) is 30.2 Å². The molecule has 0 fully saturated rings. The fourth-order valence-electron chi connectivity index (χ4n) is 2.53. The Balaban J connectivity index is 1.73. The van der Waals surface area contributed by atoms with Crippen molar-refractivity contribution in [1.29, 1.82) is 0 Å². The van der Waals surface area contributed by atoms with Crippen molar-refractivity contribution in [2.45, 2.75) is 6.42 Å². The summed E-state index contributed by atoms with van der Waals surface area (Å²) in [5.74, 6) is -0.711. The maximum absolute atomic E-state index is 12.4. The van der Waals surface area contributed by atoms with Gasteiger partial charge in [0.25, 0.3) is 5.91 Å². The van der Waals surface area contributed by atoms with E-state index in [4.69, 9.17) is 0 Å². The molecule has 0 aliphatic carbocycles. The molecule has 0 saturated carbocycles. The number of H-pyrrole nitrogens is 1. The van der Waals surface area contributed by atoms with E-state index >= 15 is 0 Å². The normalized spacial score (nSPS) is 10.7. The van der Waals surface area contributed by atoms with E-state index < -0.39 is 0 Å². The predicted octanol–water partition coefficient (Wildman–Crippen LogP) is 1.91. The van der Waals surface area contributed by atoms with Crippen LogP contribution in [0.25, 0.3) is 10.9 Å². The molecule has 0 atom stereocenters. The van der Waals surface area contributed by atoms with Crippen molar-refractivity contribution < 1.29 is 15.0 Å². The average molecular weight is 324 g/mol. The highest BCUT2D eigenvalue weighted by molar-refractivity contribution is 6.05. The summed E-state index contributed by atoms with van der Waals surface area (Å²) in [4.78, 5) is 26.7. The number of amides is 1. The molecular formula is C18H16N2O4. The van der Waals surface area contributed by atoms with Crippen molar-refractivity contribution in [3.63, 3.8) is 0 Å². The van der Waals surface area contributed by atoms with E-state index in [9.17, 15) is 19.8 Å². The summed E-state index contributed by atoms with van der Waals surface area (Å²) >= 11 is 0. The molecular weight excluding hydrogens is 308 g/mol. The maximum Gasteiger partial charge on any atom is 0.252 e. The van der Waals surface area contributed by atoms with E-state index in [-0.39, 0.29) is 23.0 Å². The number of nitrogens with one attached hydrogen (secondary N) is 2. The number of phenols is 2. The lowest BCUT2D eigenvalue weighted by atomic mass is 10.1. The minimum Gasteiger partial charge on any atom is -0.504 e. The average Bonchev–Trinajstić information content (AvgIpc) is 2.57. The van der Waals surface area contributed by atoms with Crippen molar-refractivity contribution in [2.75, 3.05) is 6.54 Å².